The topological polar surface area (TPSA) is 21.7 Å². The number of rotatable bonds is 8. The van der Waals surface area contributed by atoms with Crippen LogP contribution in [-0.4, -0.2) is 46.9 Å². The molecule has 0 radical (unpaired) electrons. The van der Waals surface area contributed by atoms with Gasteiger partial charge in [-0.2, -0.15) is 0 Å². The van der Waals surface area contributed by atoms with Crippen molar-refractivity contribution in [1.29, 1.82) is 0 Å². The third-order valence-corrected chi connectivity index (χ3v) is 7.04. The second-order valence-electron chi connectivity index (χ2n) is 4.41. The highest BCUT2D eigenvalue weighted by Crippen LogP contribution is 2.13. The third-order valence-electron chi connectivity index (χ3n) is 3.58. The van der Waals surface area contributed by atoms with Crippen molar-refractivity contribution in [3.63, 3.8) is 0 Å². The molecule has 0 unspecified atom stereocenters. The number of hydrogen-bond acceptors (Lipinski definition) is 3. The van der Waals surface area contributed by atoms with Crippen LogP contribution in [0.4, 0.5) is 0 Å². The zero-order chi connectivity index (χ0) is 14.3. The molecule has 1 aromatic carbocycles. The van der Waals surface area contributed by atoms with Crippen LogP contribution in [0, 0.1) is 0 Å². The lowest BCUT2D eigenvalue weighted by molar-refractivity contribution is 0.221. The fourth-order valence-electron chi connectivity index (χ4n) is 2.28. The van der Waals surface area contributed by atoms with Gasteiger partial charge in [-0.25, -0.2) is 0 Å². The molecule has 0 bridgehead atoms. The molecule has 19 heavy (non-hydrogen) atoms. The molecular formula is C15H25NO2Si. The second kappa shape index (κ2) is 7.60. The number of hydrogen-bond donors (Lipinski definition) is 0. The normalized spacial score (nSPS) is 11.8. The maximum atomic E-state index is 5.88. The Morgan fingerprint density at radius 2 is 1.74 bits per heavy atom. The maximum absolute atomic E-state index is 5.88. The molecule has 0 aliphatic carbocycles. The Balaban J connectivity index is 3.20. The summed E-state index contributed by atoms with van der Waals surface area (Å²) < 4.78 is 11.8. The lowest BCUT2D eigenvalue weighted by atomic mass is 10.2. The summed E-state index contributed by atoms with van der Waals surface area (Å²) in [5.74, 6) is 0. The summed E-state index contributed by atoms with van der Waals surface area (Å²) >= 11 is 0. The van der Waals surface area contributed by atoms with Gasteiger partial charge in [0.15, 0.2) is 0 Å². The summed E-state index contributed by atoms with van der Waals surface area (Å²) in [5.41, 5.74) is 1.10. The molecule has 0 heterocycles. The summed E-state index contributed by atoms with van der Waals surface area (Å²) in [4.78, 5) is 2.35. The van der Waals surface area contributed by atoms with Crippen molar-refractivity contribution in [1.82, 2.24) is 4.90 Å². The van der Waals surface area contributed by atoms with Gasteiger partial charge in [-0.3, -0.25) is 0 Å². The van der Waals surface area contributed by atoms with Gasteiger partial charge in [-0.1, -0.05) is 50.8 Å². The highest BCUT2D eigenvalue weighted by atomic mass is 28.4. The van der Waals surface area contributed by atoms with Crippen LogP contribution in [0.15, 0.2) is 30.8 Å². The van der Waals surface area contributed by atoms with E-state index in [0.29, 0.717) is 0 Å². The Bertz CT molecular complexity index is 401. The molecule has 1 aromatic rings. The first kappa shape index (κ1) is 16.1. The van der Waals surface area contributed by atoms with Crippen molar-refractivity contribution in [2.75, 3.05) is 33.5 Å². The second-order valence-corrected chi connectivity index (χ2v) is 7.59. The van der Waals surface area contributed by atoms with E-state index in [1.165, 1.54) is 0 Å². The summed E-state index contributed by atoms with van der Waals surface area (Å²) in [6, 6.07) is 8.21. The van der Waals surface area contributed by atoms with E-state index in [1.54, 1.807) is 14.2 Å². The third kappa shape index (κ3) is 3.54. The highest BCUT2D eigenvalue weighted by molar-refractivity contribution is 6.81. The summed E-state index contributed by atoms with van der Waals surface area (Å²) in [7, 11) is 1.06. The predicted octanol–water partition coefficient (Wildman–Crippen LogP) is 2.15. The molecular weight excluding hydrogens is 254 g/mol. The largest absolute Gasteiger partial charge is 0.394 e. The van der Waals surface area contributed by atoms with Gasteiger partial charge in [-0.15, -0.1) is 0 Å². The lowest BCUT2D eigenvalue weighted by Gasteiger charge is -2.33. The molecule has 0 atom stereocenters. The molecule has 0 amide bonds. The minimum absolute atomic E-state index is 0.831. The van der Waals surface area contributed by atoms with Gasteiger partial charge < -0.3 is 13.8 Å². The van der Waals surface area contributed by atoms with Crippen LogP contribution in [0.1, 0.15) is 19.4 Å². The molecule has 0 N–H and O–H groups in total. The van der Waals surface area contributed by atoms with Crippen molar-refractivity contribution in [2.45, 2.75) is 13.8 Å². The van der Waals surface area contributed by atoms with Gasteiger partial charge in [0.05, 0.1) is 0 Å². The lowest BCUT2D eigenvalue weighted by Crippen LogP contribution is -2.61. The Kier molecular flexibility index (Phi) is 6.44. The molecule has 0 fully saturated rings. The molecule has 1 rings (SSSR count). The van der Waals surface area contributed by atoms with E-state index in [0.717, 1.165) is 30.0 Å². The minimum atomic E-state index is -2.44. The smallest absolute Gasteiger partial charge is 0.387 e. The van der Waals surface area contributed by atoms with Gasteiger partial charge in [0.1, 0.15) is 0 Å². The van der Waals surface area contributed by atoms with Crippen molar-refractivity contribution < 1.29 is 8.85 Å². The Morgan fingerprint density at radius 3 is 2.21 bits per heavy atom. The van der Waals surface area contributed by atoms with E-state index < -0.39 is 8.56 Å². The average Bonchev–Trinajstić information content (AvgIpc) is 2.49. The zero-order valence-electron chi connectivity index (χ0n) is 12.5. The number of nitrogens with zero attached hydrogens (tertiary/aromatic N) is 1. The Labute approximate surface area is 118 Å². The van der Waals surface area contributed by atoms with Gasteiger partial charge >= 0.3 is 8.56 Å². The highest BCUT2D eigenvalue weighted by Gasteiger charge is 2.40. The van der Waals surface area contributed by atoms with Gasteiger partial charge in [-0.05, 0) is 18.7 Å². The summed E-state index contributed by atoms with van der Waals surface area (Å²) in [6.07, 6.45) is 2.70. The Hall–Kier alpha value is -0.943. The first-order chi connectivity index (χ1) is 9.17. The molecule has 0 saturated heterocycles. The van der Waals surface area contributed by atoms with Crippen molar-refractivity contribution >= 4 is 19.8 Å². The van der Waals surface area contributed by atoms with Crippen LogP contribution < -0.4 is 5.19 Å². The summed E-state index contributed by atoms with van der Waals surface area (Å²) in [6.45, 7) is 10.2. The molecule has 0 saturated carbocycles. The van der Waals surface area contributed by atoms with E-state index in [2.05, 4.69) is 37.5 Å². The molecule has 0 aromatic heterocycles. The summed E-state index contributed by atoms with van der Waals surface area (Å²) in [5, 5.41) is 1.15. The average molecular weight is 279 g/mol. The quantitative estimate of drug-likeness (QED) is 0.681. The fourth-order valence-corrected chi connectivity index (χ4v) is 5.33. The first-order valence-corrected chi connectivity index (χ1v) is 8.74. The van der Waals surface area contributed by atoms with E-state index >= 15 is 0 Å². The van der Waals surface area contributed by atoms with E-state index in [-0.39, 0.29) is 0 Å². The maximum Gasteiger partial charge on any atom is 0.387 e. The minimum Gasteiger partial charge on any atom is -0.394 e. The standard InChI is InChI=1S/C15H25NO2Si/c1-6-14-11-9-10-12-15(14)19(17-4,18-5)13-16(7-2)8-3/h6,9-12H,1,7-8,13H2,2-5H3. The zero-order valence-corrected chi connectivity index (χ0v) is 13.5. The monoisotopic (exact) mass is 279 g/mol. The van der Waals surface area contributed by atoms with Gasteiger partial charge in [0.25, 0.3) is 0 Å². The number of benzene rings is 1. The van der Waals surface area contributed by atoms with E-state index in [1.807, 2.05) is 18.2 Å². The molecule has 0 aliphatic rings. The van der Waals surface area contributed by atoms with Crippen molar-refractivity contribution in [3.8, 4) is 0 Å². The SMILES string of the molecule is C=Cc1ccccc1[Si](CN(CC)CC)(OC)OC. The first-order valence-electron chi connectivity index (χ1n) is 6.72. The van der Waals surface area contributed by atoms with E-state index in [9.17, 15) is 0 Å². The fraction of sp³-hybridized carbons (Fsp3) is 0.467. The van der Waals surface area contributed by atoms with Crippen molar-refractivity contribution in [2.24, 2.45) is 0 Å². The Morgan fingerprint density at radius 1 is 1.16 bits per heavy atom. The molecule has 4 heteroatoms. The van der Waals surface area contributed by atoms with Crippen LogP contribution in [0.3, 0.4) is 0 Å². The molecule has 106 valence electrons. The van der Waals surface area contributed by atoms with Gasteiger partial charge in [0, 0.05) is 25.6 Å². The van der Waals surface area contributed by atoms with E-state index in [4.69, 9.17) is 8.85 Å². The molecule has 0 spiro atoms. The van der Waals surface area contributed by atoms with Crippen LogP contribution in [0.25, 0.3) is 6.08 Å². The predicted molar refractivity (Wildman–Crippen MR) is 83.7 cm³/mol. The van der Waals surface area contributed by atoms with Gasteiger partial charge in [0.2, 0.25) is 0 Å². The van der Waals surface area contributed by atoms with Crippen LogP contribution in [-0.2, 0) is 8.85 Å². The van der Waals surface area contributed by atoms with Crippen molar-refractivity contribution in [3.05, 3.63) is 36.4 Å². The molecule has 3 nitrogen and oxygen atoms in total. The molecule has 0 aliphatic heterocycles. The van der Waals surface area contributed by atoms with Crippen LogP contribution >= 0.6 is 0 Å². The van der Waals surface area contributed by atoms with Crippen LogP contribution in [0.5, 0.6) is 0 Å². The van der Waals surface area contributed by atoms with Crippen LogP contribution in [0.2, 0.25) is 0 Å².